The third-order valence-electron chi connectivity index (χ3n) is 6.79. The highest BCUT2D eigenvalue weighted by Crippen LogP contribution is 2.35. The summed E-state index contributed by atoms with van der Waals surface area (Å²) in [7, 11) is 0. The Kier molecular flexibility index (Phi) is 10.6. The van der Waals surface area contributed by atoms with Crippen molar-refractivity contribution in [2.24, 2.45) is 0 Å². The SMILES string of the molecule is CC(C)NC(=O)N1C(=O)OC(C)[C@@H]1c1ccc(F)c(F)c1.CC1=C(C)[C@H](c2ccc(F)c(F)c2)N(C(=O)NC(C)C)C(=O)N1. The molecule has 2 aromatic carbocycles. The van der Waals surface area contributed by atoms with Gasteiger partial charge in [-0.1, -0.05) is 12.1 Å². The molecule has 2 aliphatic rings. The van der Waals surface area contributed by atoms with Gasteiger partial charge in [-0.3, -0.25) is 0 Å². The van der Waals surface area contributed by atoms with Gasteiger partial charge in [-0.2, -0.15) is 0 Å². The van der Waals surface area contributed by atoms with Crippen LogP contribution in [0.1, 0.15) is 71.7 Å². The van der Waals surface area contributed by atoms with Gasteiger partial charge in [-0.05, 0) is 89.4 Å². The molecule has 0 bridgehead atoms. The molecule has 7 amide bonds. The molecule has 0 saturated carbocycles. The van der Waals surface area contributed by atoms with Gasteiger partial charge < -0.3 is 20.7 Å². The second-order valence-electron chi connectivity index (χ2n) is 11.0. The van der Waals surface area contributed by atoms with Crippen LogP contribution in [0.4, 0.5) is 36.7 Å². The highest BCUT2D eigenvalue weighted by molar-refractivity contribution is 5.96. The second kappa shape index (κ2) is 13.8. The number of carbonyl (C=O) groups excluding carboxylic acids is 4. The first kappa shape index (κ1) is 33.9. The minimum Gasteiger partial charge on any atom is -0.443 e. The fourth-order valence-corrected chi connectivity index (χ4v) is 4.69. The van der Waals surface area contributed by atoms with Crippen LogP contribution in [-0.2, 0) is 4.74 Å². The van der Waals surface area contributed by atoms with E-state index in [1.165, 1.54) is 12.1 Å². The zero-order chi connectivity index (χ0) is 33.0. The van der Waals surface area contributed by atoms with Crippen LogP contribution in [0.3, 0.4) is 0 Å². The number of urea groups is 3. The van der Waals surface area contributed by atoms with E-state index in [1.807, 2.05) is 0 Å². The lowest BCUT2D eigenvalue weighted by atomic mass is 9.95. The molecule has 2 heterocycles. The first-order valence-corrected chi connectivity index (χ1v) is 13.8. The smallest absolute Gasteiger partial charge is 0.419 e. The Labute approximate surface area is 252 Å². The molecule has 3 atom stereocenters. The summed E-state index contributed by atoms with van der Waals surface area (Å²) in [6, 6.07) is 2.83. The maximum absolute atomic E-state index is 13.6. The standard InChI is InChI=1S/C16H19F2N3O2.C14H16F2N2O3/c1-8(2)19-15(22)21-14(9(3)10(4)20-16(21)23)11-5-6-12(17)13(18)7-11;1-7(2)17-13(19)18-12(8(3)21-14(18)20)9-4-5-10(15)11(16)6-9/h5-8,14H,1-4H3,(H,19,22)(H,20,23);4-8,12H,1-3H3,(H,17,19)/t14-;8?,12-/m11/s1. The van der Waals surface area contributed by atoms with E-state index < -0.39 is 65.6 Å². The number of benzene rings is 2. The van der Waals surface area contributed by atoms with E-state index in [-0.39, 0.29) is 12.1 Å². The normalized spacial score (nSPS) is 19.9. The molecule has 2 aliphatic heterocycles. The summed E-state index contributed by atoms with van der Waals surface area (Å²) in [6.45, 7) is 12.0. The Morgan fingerprint density at radius 3 is 1.77 bits per heavy atom. The third-order valence-corrected chi connectivity index (χ3v) is 6.79. The molecule has 0 aliphatic carbocycles. The van der Waals surface area contributed by atoms with Gasteiger partial charge in [0.15, 0.2) is 23.3 Å². The van der Waals surface area contributed by atoms with Gasteiger partial charge in [-0.25, -0.2) is 46.5 Å². The molecule has 1 unspecified atom stereocenters. The van der Waals surface area contributed by atoms with Crippen LogP contribution < -0.4 is 16.0 Å². The number of hydrogen-bond donors (Lipinski definition) is 3. The number of nitrogens with zero attached hydrogens (tertiary/aromatic N) is 2. The first-order valence-electron chi connectivity index (χ1n) is 13.8. The molecular weight excluding hydrogens is 586 g/mol. The van der Waals surface area contributed by atoms with E-state index in [1.54, 1.807) is 48.5 Å². The van der Waals surface area contributed by atoms with Crippen molar-refractivity contribution in [3.63, 3.8) is 0 Å². The van der Waals surface area contributed by atoms with Crippen molar-refractivity contribution in [1.29, 1.82) is 0 Å². The van der Waals surface area contributed by atoms with E-state index in [2.05, 4.69) is 16.0 Å². The maximum atomic E-state index is 13.6. The largest absolute Gasteiger partial charge is 0.443 e. The third kappa shape index (κ3) is 7.47. The van der Waals surface area contributed by atoms with Crippen molar-refractivity contribution in [1.82, 2.24) is 25.8 Å². The lowest BCUT2D eigenvalue weighted by molar-refractivity contribution is 0.137. The van der Waals surface area contributed by atoms with Crippen molar-refractivity contribution in [3.8, 4) is 0 Å². The molecule has 3 N–H and O–H groups in total. The van der Waals surface area contributed by atoms with Gasteiger partial charge >= 0.3 is 24.2 Å². The van der Waals surface area contributed by atoms with Crippen molar-refractivity contribution >= 4 is 24.2 Å². The molecule has 0 radical (unpaired) electrons. The highest BCUT2D eigenvalue weighted by atomic mass is 19.2. The van der Waals surface area contributed by atoms with Crippen LogP contribution in [-0.4, -0.2) is 52.2 Å². The molecule has 14 heteroatoms. The van der Waals surface area contributed by atoms with E-state index in [9.17, 15) is 36.7 Å². The Balaban J connectivity index is 0.000000241. The van der Waals surface area contributed by atoms with Crippen molar-refractivity contribution < 1.29 is 41.5 Å². The molecule has 2 aromatic rings. The Hall–Kier alpha value is -4.62. The van der Waals surface area contributed by atoms with Crippen LogP contribution in [0.15, 0.2) is 47.7 Å². The van der Waals surface area contributed by atoms with Gasteiger partial charge in [0.2, 0.25) is 0 Å². The zero-order valence-corrected chi connectivity index (χ0v) is 25.3. The van der Waals surface area contributed by atoms with Gasteiger partial charge in [-0.15, -0.1) is 0 Å². The van der Waals surface area contributed by atoms with E-state index >= 15 is 0 Å². The van der Waals surface area contributed by atoms with E-state index in [0.717, 1.165) is 34.1 Å². The monoisotopic (exact) mass is 621 g/mol. The summed E-state index contributed by atoms with van der Waals surface area (Å²) < 4.78 is 58.2. The van der Waals surface area contributed by atoms with Crippen LogP contribution in [0, 0.1) is 23.3 Å². The molecule has 1 fully saturated rings. The molecule has 4 rings (SSSR count). The fraction of sp³-hybridized carbons (Fsp3) is 0.400. The number of cyclic esters (lactones) is 1. The van der Waals surface area contributed by atoms with Gasteiger partial charge in [0.25, 0.3) is 0 Å². The predicted octanol–water partition coefficient (Wildman–Crippen LogP) is 6.41. The number of rotatable bonds is 4. The molecular formula is C30H35F4N5O5. The maximum Gasteiger partial charge on any atom is 0.419 e. The second-order valence-corrected chi connectivity index (χ2v) is 11.0. The Morgan fingerprint density at radius 1 is 0.795 bits per heavy atom. The predicted molar refractivity (Wildman–Crippen MR) is 152 cm³/mol. The topological polar surface area (TPSA) is 120 Å². The quantitative estimate of drug-likeness (QED) is 0.341. The average molecular weight is 622 g/mol. The lowest BCUT2D eigenvalue weighted by Gasteiger charge is -2.36. The number of allylic oxidation sites excluding steroid dienone is 1. The van der Waals surface area contributed by atoms with E-state index in [0.29, 0.717) is 22.4 Å². The number of amides is 7. The molecule has 10 nitrogen and oxygen atoms in total. The van der Waals surface area contributed by atoms with Gasteiger partial charge in [0.1, 0.15) is 12.1 Å². The lowest BCUT2D eigenvalue weighted by Crippen LogP contribution is -2.54. The minimum atomic E-state index is -1.04. The molecule has 1 saturated heterocycles. The van der Waals surface area contributed by atoms with E-state index in [4.69, 9.17) is 4.74 Å². The van der Waals surface area contributed by atoms with Crippen LogP contribution in [0.5, 0.6) is 0 Å². The summed E-state index contributed by atoms with van der Waals surface area (Å²) in [5.74, 6) is -4.04. The first-order chi connectivity index (χ1) is 20.5. The fourth-order valence-electron chi connectivity index (χ4n) is 4.69. The average Bonchev–Trinajstić information content (AvgIpc) is 3.22. The summed E-state index contributed by atoms with van der Waals surface area (Å²) in [5.41, 5.74) is 1.88. The summed E-state index contributed by atoms with van der Waals surface area (Å²) in [5, 5.41) is 7.82. The molecule has 0 aromatic heterocycles. The molecule has 44 heavy (non-hydrogen) atoms. The number of imide groups is 2. The number of carbonyl (C=O) groups is 4. The van der Waals surface area contributed by atoms with Gasteiger partial charge in [0, 0.05) is 17.8 Å². The Morgan fingerprint density at radius 2 is 1.27 bits per heavy atom. The number of halogens is 4. The van der Waals surface area contributed by atoms with Crippen molar-refractivity contribution in [2.45, 2.75) is 78.7 Å². The van der Waals surface area contributed by atoms with Gasteiger partial charge in [0.05, 0.1) is 6.04 Å². The number of hydrogen-bond acceptors (Lipinski definition) is 5. The number of nitrogens with one attached hydrogen (secondary N) is 3. The van der Waals surface area contributed by atoms with Crippen LogP contribution in [0.25, 0.3) is 0 Å². The highest BCUT2D eigenvalue weighted by Gasteiger charge is 2.44. The van der Waals surface area contributed by atoms with Crippen molar-refractivity contribution in [3.05, 3.63) is 82.1 Å². The summed E-state index contributed by atoms with van der Waals surface area (Å²) in [6.07, 6.45) is -1.46. The Bertz CT molecular complexity index is 1480. The molecule has 238 valence electrons. The zero-order valence-electron chi connectivity index (χ0n) is 25.3. The van der Waals surface area contributed by atoms with Crippen molar-refractivity contribution in [2.75, 3.05) is 0 Å². The summed E-state index contributed by atoms with van der Waals surface area (Å²) in [4.78, 5) is 50.4. The molecule has 0 spiro atoms. The summed E-state index contributed by atoms with van der Waals surface area (Å²) >= 11 is 0. The number of ether oxygens (including phenoxy) is 1. The van der Waals surface area contributed by atoms with Crippen LogP contribution in [0.2, 0.25) is 0 Å². The minimum absolute atomic E-state index is 0.173. The van der Waals surface area contributed by atoms with Crippen LogP contribution >= 0.6 is 0 Å².